The van der Waals surface area contributed by atoms with Crippen LogP contribution in [0, 0.1) is 5.82 Å². The van der Waals surface area contributed by atoms with E-state index >= 15 is 0 Å². The number of likely N-dealkylation sites (N-methyl/N-ethyl adjacent to an activating group) is 1. The lowest BCUT2D eigenvalue weighted by Crippen LogP contribution is -2.44. The Morgan fingerprint density at radius 1 is 1.40 bits per heavy atom. The maximum Gasteiger partial charge on any atom is 0.239 e. The molecule has 2 atom stereocenters. The van der Waals surface area contributed by atoms with Crippen molar-refractivity contribution in [1.82, 2.24) is 20.4 Å². The average molecular weight is 535 g/mol. The number of halogens is 2. The minimum absolute atomic E-state index is 0. The molecule has 0 aliphatic carbocycles. The number of guanidine groups is 1. The maximum atomic E-state index is 13.2. The SMILES string of the molecule is CN=C(NCCCN1CCCC1C(=O)N(C)C)NCC(C)Oc1cccc(F)c1.I. The zero-order valence-corrected chi connectivity index (χ0v) is 20.7. The van der Waals surface area contributed by atoms with Crippen LogP contribution in [-0.2, 0) is 4.79 Å². The fraction of sp³-hybridized carbons (Fsp3) is 0.619. The molecule has 9 heteroatoms. The van der Waals surface area contributed by atoms with Gasteiger partial charge in [0.05, 0.1) is 12.6 Å². The standard InChI is InChI=1S/C21H34FN5O2.HI/c1-16(29-18-9-5-8-17(22)14-18)15-25-21(23-2)24-11-7-13-27-12-6-10-19(27)20(28)26(3)4;/h5,8-9,14,16,19H,6-7,10-13,15H2,1-4H3,(H2,23,24,25);1H. The van der Waals surface area contributed by atoms with Gasteiger partial charge in [0.2, 0.25) is 5.91 Å². The van der Waals surface area contributed by atoms with Gasteiger partial charge in [-0.25, -0.2) is 4.39 Å². The quantitative estimate of drug-likeness (QED) is 0.220. The summed E-state index contributed by atoms with van der Waals surface area (Å²) < 4.78 is 18.9. The molecule has 0 aromatic heterocycles. The monoisotopic (exact) mass is 535 g/mol. The van der Waals surface area contributed by atoms with Gasteiger partial charge >= 0.3 is 0 Å². The lowest BCUT2D eigenvalue weighted by molar-refractivity contribution is -0.133. The van der Waals surface area contributed by atoms with Crippen LogP contribution in [0.4, 0.5) is 4.39 Å². The Kier molecular flexibility index (Phi) is 12.0. The van der Waals surface area contributed by atoms with E-state index in [-0.39, 0.29) is 47.8 Å². The van der Waals surface area contributed by atoms with Crippen molar-refractivity contribution in [1.29, 1.82) is 0 Å². The van der Waals surface area contributed by atoms with Crippen LogP contribution in [0.25, 0.3) is 0 Å². The van der Waals surface area contributed by atoms with Crippen molar-refractivity contribution in [3.63, 3.8) is 0 Å². The summed E-state index contributed by atoms with van der Waals surface area (Å²) in [6.07, 6.45) is 2.80. The van der Waals surface area contributed by atoms with Crippen molar-refractivity contribution in [2.24, 2.45) is 4.99 Å². The molecule has 1 aromatic rings. The molecular formula is C21H35FIN5O2. The van der Waals surface area contributed by atoms with E-state index in [1.807, 2.05) is 21.0 Å². The van der Waals surface area contributed by atoms with Gasteiger partial charge < -0.3 is 20.3 Å². The van der Waals surface area contributed by atoms with Gasteiger partial charge in [-0.2, -0.15) is 0 Å². The molecule has 7 nitrogen and oxygen atoms in total. The number of nitrogens with one attached hydrogen (secondary N) is 2. The van der Waals surface area contributed by atoms with Crippen molar-refractivity contribution in [2.75, 3.05) is 47.3 Å². The molecular weight excluding hydrogens is 500 g/mol. The summed E-state index contributed by atoms with van der Waals surface area (Å²) in [5.74, 6) is 1.09. The highest BCUT2D eigenvalue weighted by Crippen LogP contribution is 2.18. The predicted molar refractivity (Wildman–Crippen MR) is 129 cm³/mol. The van der Waals surface area contributed by atoms with Gasteiger partial charge in [-0.3, -0.25) is 14.7 Å². The van der Waals surface area contributed by atoms with E-state index in [4.69, 9.17) is 4.74 Å². The number of hydrogen-bond acceptors (Lipinski definition) is 4. The van der Waals surface area contributed by atoms with Crippen LogP contribution in [0.15, 0.2) is 29.3 Å². The van der Waals surface area contributed by atoms with Crippen LogP contribution in [0.5, 0.6) is 5.75 Å². The average Bonchev–Trinajstić information content (AvgIpc) is 3.15. The van der Waals surface area contributed by atoms with E-state index in [9.17, 15) is 9.18 Å². The third-order valence-electron chi connectivity index (χ3n) is 4.92. The molecule has 0 bridgehead atoms. The van der Waals surface area contributed by atoms with Gasteiger partial charge in [0.15, 0.2) is 5.96 Å². The highest BCUT2D eigenvalue weighted by atomic mass is 127. The van der Waals surface area contributed by atoms with Crippen LogP contribution in [0.2, 0.25) is 0 Å². The smallest absolute Gasteiger partial charge is 0.239 e. The zero-order chi connectivity index (χ0) is 21.2. The Bertz CT molecular complexity index is 689. The van der Waals surface area contributed by atoms with Gasteiger partial charge in [-0.15, -0.1) is 24.0 Å². The van der Waals surface area contributed by atoms with Crippen LogP contribution in [0.1, 0.15) is 26.2 Å². The molecule has 1 aromatic carbocycles. The molecule has 170 valence electrons. The minimum Gasteiger partial charge on any atom is -0.489 e. The summed E-state index contributed by atoms with van der Waals surface area (Å²) in [7, 11) is 5.35. The van der Waals surface area contributed by atoms with E-state index in [0.29, 0.717) is 18.3 Å². The molecule has 2 N–H and O–H groups in total. The number of aliphatic imine (C=N–C) groups is 1. The van der Waals surface area contributed by atoms with Crippen molar-refractivity contribution < 1.29 is 13.9 Å². The second-order valence-corrected chi connectivity index (χ2v) is 7.55. The number of amides is 1. The molecule has 1 fully saturated rings. The molecule has 30 heavy (non-hydrogen) atoms. The number of benzene rings is 1. The summed E-state index contributed by atoms with van der Waals surface area (Å²) in [5, 5.41) is 6.51. The summed E-state index contributed by atoms with van der Waals surface area (Å²) in [6.45, 7) is 5.08. The van der Waals surface area contributed by atoms with Gasteiger partial charge in [-0.05, 0) is 44.9 Å². The van der Waals surface area contributed by atoms with Gasteiger partial charge in [0, 0.05) is 40.3 Å². The lowest BCUT2D eigenvalue weighted by Gasteiger charge is -2.26. The third kappa shape index (κ3) is 8.63. The van der Waals surface area contributed by atoms with E-state index < -0.39 is 0 Å². The minimum atomic E-state index is -0.312. The van der Waals surface area contributed by atoms with Crippen molar-refractivity contribution in [3.05, 3.63) is 30.1 Å². The number of nitrogens with zero attached hydrogens (tertiary/aromatic N) is 3. The number of carbonyl (C=O) groups excluding carboxylic acids is 1. The first-order valence-electron chi connectivity index (χ1n) is 10.2. The van der Waals surface area contributed by atoms with Gasteiger partial charge in [-0.1, -0.05) is 6.07 Å². The van der Waals surface area contributed by atoms with Crippen molar-refractivity contribution >= 4 is 35.8 Å². The molecule has 1 saturated heterocycles. The van der Waals surface area contributed by atoms with E-state index in [2.05, 4.69) is 20.5 Å². The van der Waals surface area contributed by atoms with Crippen molar-refractivity contribution in [2.45, 2.75) is 38.3 Å². The molecule has 0 spiro atoms. The third-order valence-corrected chi connectivity index (χ3v) is 4.92. The number of rotatable bonds is 9. The van der Waals surface area contributed by atoms with Gasteiger partial charge in [0.25, 0.3) is 0 Å². The Morgan fingerprint density at radius 3 is 2.83 bits per heavy atom. The first-order valence-corrected chi connectivity index (χ1v) is 10.2. The van der Waals surface area contributed by atoms with Crippen molar-refractivity contribution in [3.8, 4) is 5.75 Å². The molecule has 1 heterocycles. The van der Waals surface area contributed by atoms with E-state index in [1.54, 1.807) is 24.1 Å². The van der Waals surface area contributed by atoms with Crippen LogP contribution in [-0.4, -0.2) is 81.1 Å². The summed E-state index contributed by atoms with van der Waals surface area (Å²) in [5.41, 5.74) is 0. The molecule has 1 aliphatic heterocycles. The predicted octanol–water partition coefficient (Wildman–Crippen LogP) is 2.32. The van der Waals surface area contributed by atoms with Crippen LogP contribution >= 0.6 is 24.0 Å². The van der Waals surface area contributed by atoms with E-state index in [0.717, 1.165) is 38.9 Å². The second kappa shape index (κ2) is 13.6. The first-order chi connectivity index (χ1) is 13.9. The fourth-order valence-corrected chi connectivity index (χ4v) is 3.44. The second-order valence-electron chi connectivity index (χ2n) is 7.55. The molecule has 0 radical (unpaired) electrons. The fourth-order valence-electron chi connectivity index (χ4n) is 3.44. The Morgan fingerprint density at radius 2 is 2.17 bits per heavy atom. The molecule has 1 amide bonds. The maximum absolute atomic E-state index is 13.2. The van der Waals surface area contributed by atoms with Crippen LogP contribution in [0.3, 0.4) is 0 Å². The Labute approximate surface area is 196 Å². The first kappa shape index (κ1) is 26.4. The number of likely N-dealkylation sites (tertiary alicyclic amines) is 1. The summed E-state index contributed by atoms with van der Waals surface area (Å²) in [6, 6.07) is 6.14. The Hall–Kier alpha value is -1.62. The highest BCUT2D eigenvalue weighted by Gasteiger charge is 2.30. The molecule has 1 aliphatic rings. The highest BCUT2D eigenvalue weighted by molar-refractivity contribution is 14.0. The zero-order valence-electron chi connectivity index (χ0n) is 18.4. The number of ether oxygens (including phenoxy) is 1. The number of hydrogen-bond donors (Lipinski definition) is 2. The number of carbonyl (C=O) groups is 1. The summed E-state index contributed by atoms with van der Waals surface area (Å²) in [4.78, 5) is 20.4. The normalized spacial score (nSPS) is 17.8. The lowest BCUT2D eigenvalue weighted by atomic mass is 10.2. The Balaban J connectivity index is 0.00000450. The summed E-state index contributed by atoms with van der Waals surface area (Å²) >= 11 is 0. The van der Waals surface area contributed by atoms with E-state index in [1.165, 1.54) is 12.1 Å². The molecule has 2 rings (SSSR count). The topological polar surface area (TPSA) is 69.2 Å². The largest absolute Gasteiger partial charge is 0.489 e. The molecule has 2 unspecified atom stereocenters. The van der Waals surface area contributed by atoms with Crippen LogP contribution < -0.4 is 15.4 Å². The molecule has 0 saturated carbocycles. The van der Waals surface area contributed by atoms with Gasteiger partial charge in [0.1, 0.15) is 17.7 Å².